The van der Waals surface area contributed by atoms with Crippen molar-refractivity contribution in [2.75, 3.05) is 64.1 Å². The van der Waals surface area contributed by atoms with Crippen molar-refractivity contribution in [3.8, 4) is 5.75 Å². The van der Waals surface area contributed by atoms with Crippen molar-refractivity contribution < 1.29 is 13.2 Å². The van der Waals surface area contributed by atoms with Crippen molar-refractivity contribution in [2.24, 2.45) is 11.8 Å². The van der Waals surface area contributed by atoms with E-state index in [1.54, 1.807) is 14.1 Å². The summed E-state index contributed by atoms with van der Waals surface area (Å²) in [6.45, 7) is 6.07. The fourth-order valence-corrected chi connectivity index (χ4v) is 6.23. The van der Waals surface area contributed by atoms with Crippen LogP contribution in [0.3, 0.4) is 0 Å². The summed E-state index contributed by atoms with van der Waals surface area (Å²) in [7, 11) is 0.197. The number of anilines is 1. The van der Waals surface area contributed by atoms with Crippen LogP contribution in [0.4, 0.5) is 5.82 Å². The monoisotopic (exact) mass is 436 g/mol. The molecule has 0 radical (unpaired) electrons. The summed E-state index contributed by atoms with van der Waals surface area (Å²) in [5.41, 5.74) is 1.29. The predicted molar refractivity (Wildman–Crippen MR) is 120 cm³/mol. The van der Waals surface area contributed by atoms with E-state index in [4.69, 9.17) is 4.74 Å². The first-order valence-corrected chi connectivity index (χ1v) is 13.0. The number of fused-ring (bicyclic) bond motifs is 1. The van der Waals surface area contributed by atoms with Crippen LogP contribution in [-0.4, -0.2) is 81.8 Å². The van der Waals surface area contributed by atoms with E-state index >= 15 is 0 Å². The highest BCUT2D eigenvalue weighted by Gasteiger charge is 2.28. The molecule has 3 aliphatic rings. The Morgan fingerprint density at radius 3 is 2.50 bits per heavy atom. The molecule has 8 heteroatoms. The number of hydrogen-bond acceptors (Lipinski definition) is 6. The van der Waals surface area contributed by atoms with Crippen molar-refractivity contribution in [1.29, 1.82) is 0 Å². The molecule has 1 aliphatic carbocycles. The van der Waals surface area contributed by atoms with Gasteiger partial charge in [0.1, 0.15) is 0 Å². The van der Waals surface area contributed by atoms with Gasteiger partial charge in [0, 0.05) is 58.5 Å². The first-order valence-electron chi connectivity index (χ1n) is 11.4. The number of aromatic nitrogens is 1. The summed E-state index contributed by atoms with van der Waals surface area (Å²) < 4.78 is 31.4. The molecule has 0 bridgehead atoms. The number of piperazine rings is 1. The minimum absolute atomic E-state index is 0.315. The maximum absolute atomic E-state index is 12.1. The Morgan fingerprint density at radius 2 is 1.80 bits per heavy atom. The second-order valence-electron chi connectivity index (χ2n) is 9.29. The van der Waals surface area contributed by atoms with Gasteiger partial charge in [0.2, 0.25) is 10.0 Å². The largest absolute Gasteiger partial charge is 0.489 e. The lowest BCUT2D eigenvalue weighted by molar-refractivity contribution is 0.208. The summed E-state index contributed by atoms with van der Waals surface area (Å²) in [5, 5.41) is 0. The quantitative estimate of drug-likeness (QED) is 0.653. The average Bonchev–Trinajstić information content (AvgIpc) is 3.22. The van der Waals surface area contributed by atoms with E-state index in [1.165, 1.54) is 29.1 Å². The summed E-state index contributed by atoms with van der Waals surface area (Å²) >= 11 is 0. The number of ether oxygens (including phenoxy) is 1. The Kier molecular flexibility index (Phi) is 6.85. The Labute approximate surface area is 181 Å². The highest BCUT2D eigenvalue weighted by atomic mass is 32.2. The Bertz CT molecular complexity index is 814. The van der Waals surface area contributed by atoms with Gasteiger partial charge < -0.3 is 9.64 Å². The summed E-state index contributed by atoms with van der Waals surface area (Å²) in [6.07, 6.45) is 8.58. The van der Waals surface area contributed by atoms with Gasteiger partial charge in [-0.1, -0.05) is 12.8 Å². The number of sulfonamides is 1. The fourth-order valence-electron chi connectivity index (χ4n) is 5.00. The topological polar surface area (TPSA) is 66.0 Å². The Hall–Kier alpha value is -1.38. The van der Waals surface area contributed by atoms with Crippen LogP contribution in [0.5, 0.6) is 5.75 Å². The Balaban J connectivity index is 1.18. The van der Waals surface area contributed by atoms with Gasteiger partial charge in [-0.05, 0) is 43.7 Å². The predicted octanol–water partition coefficient (Wildman–Crippen LogP) is 2.23. The molecule has 0 spiro atoms. The zero-order valence-electron chi connectivity index (χ0n) is 18.4. The maximum Gasteiger partial charge on any atom is 0.213 e. The average molecular weight is 437 g/mol. The third-order valence-electron chi connectivity index (χ3n) is 7.08. The molecule has 4 rings (SSSR count). The number of rotatable bonds is 7. The molecule has 0 N–H and O–H groups in total. The molecule has 1 saturated heterocycles. The molecule has 0 amide bonds. The molecule has 168 valence electrons. The number of pyridine rings is 1. The third-order valence-corrected chi connectivity index (χ3v) is 9.08. The van der Waals surface area contributed by atoms with Crippen molar-refractivity contribution in [1.82, 2.24) is 14.2 Å². The van der Waals surface area contributed by atoms with Crippen LogP contribution in [0, 0.1) is 11.8 Å². The standard InChI is InChI=1S/C22H36N4O3S/c1-24(2)30(27,28)17-19-5-3-18(4-6-19)8-11-25-12-14-26(15-13-25)22-21-20(7-10-23-22)9-16-29-21/h7,10,18-19H,3-6,8-9,11-17H2,1-2H3. The van der Waals surface area contributed by atoms with Crippen molar-refractivity contribution in [2.45, 2.75) is 38.5 Å². The zero-order chi connectivity index (χ0) is 21.1. The molecule has 2 fully saturated rings. The first kappa shape index (κ1) is 21.8. The van der Waals surface area contributed by atoms with Crippen LogP contribution < -0.4 is 9.64 Å². The van der Waals surface area contributed by atoms with Crippen LogP contribution in [0.15, 0.2) is 12.3 Å². The second-order valence-corrected chi connectivity index (χ2v) is 11.5. The molecule has 1 aromatic heterocycles. The second kappa shape index (κ2) is 9.40. The van der Waals surface area contributed by atoms with Crippen LogP contribution in [0.1, 0.15) is 37.7 Å². The highest BCUT2D eigenvalue weighted by molar-refractivity contribution is 7.89. The summed E-state index contributed by atoms with van der Waals surface area (Å²) in [4.78, 5) is 9.54. The smallest absolute Gasteiger partial charge is 0.213 e. The van der Waals surface area contributed by atoms with Gasteiger partial charge >= 0.3 is 0 Å². The van der Waals surface area contributed by atoms with E-state index < -0.39 is 10.0 Å². The van der Waals surface area contributed by atoms with Crippen LogP contribution in [0.2, 0.25) is 0 Å². The molecule has 3 heterocycles. The third kappa shape index (κ3) is 5.08. The molecular formula is C22H36N4O3S. The van der Waals surface area contributed by atoms with E-state index in [1.807, 2.05) is 6.20 Å². The van der Waals surface area contributed by atoms with E-state index in [9.17, 15) is 8.42 Å². The number of hydrogen-bond donors (Lipinski definition) is 0. The van der Waals surface area contributed by atoms with Gasteiger partial charge in [0.25, 0.3) is 0 Å². The van der Waals surface area contributed by atoms with E-state index in [0.29, 0.717) is 11.7 Å². The molecule has 0 atom stereocenters. The minimum Gasteiger partial charge on any atom is -0.489 e. The normalized spacial score (nSPS) is 25.4. The minimum atomic E-state index is -3.07. The van der Waals surface area contributed by atoms with E-state index in [0.717, 1.165) is 76.1 Å². The summed E-state index contributed by atoms with van der Waals surface area (Å²) in [5.74, 6) is 3.42. The fraction of sp³-hybridized carbons (Fsp3) is 0.773. The van der Waals surface area contributed by atoms with Gasteiger partial charge in [-0.25, -0.2) is 17.7 Å². The van der Waals surface area contributed by atoms with E-state index in [2.05, 4.69) is 20.9 Å². The van der Waals surface area contributed by atoms with Gasteiger partial charge in [0.05, 0.1) is 12.4 Å². The molecule has 0 unspecified atom stereocenters. The lowest BCUT2D eigenvalue weighted by Crippen LogP contribution is -2.47. The molecule has 30 heavy (non-hydrogen) atoms. The summed E-state index contributed by atoms with van der Waals surface area (Å²) in [6, 6.07) is 2.08. The maximum atomic E-state index is 12.1. The lowest BCUT2D eigenvalue weighted by atomic mass is 9.81. The zero-order valence-corrected chi connectivity index (χ0v) is 19.2. The van der Waals surface area contributed by atoms with Crippen LogP contribution >= 0.6 is 0 Å². The first-order chi connectivity index (χ1) is 14.4. The number of nitrogens with zero attached hydrogens (tertiary/aromatic N) is 4. The van der Waals surface area contributed by atoms with Gasteiger partial charge in [-0.3, -0.25) is 4.90 Å². The lowest BCUT2D eigenvalue weighted by Gasteiger charge is -2.37. The van der Waals surface area contributed by atoms with Gasteiger partial charge in [-0.15, -0.1) is 0 Å². The van der Waals surface area contributed by atoms with Crippen molar-refractivity contribution in [3.05, 3.63) is 17.8 Å². The highest BCUT2D eigenvalue weighted by Crippen LogP contribution is 2.35. The molecule has 0 aromatic carbocycles. The molecule has 1 saturated carbocycles. The van der Waals surface area contributed by atoms with Crippen LogP contribution in [0.25, 0.3) is 0 Å². The van der Waals surface area contributed by atoms with Crippen molar-refractivity contribution in [3.63, 3.8) is 0 Å². The molecule has 2 aliphatic heterocycles. The molecular weight excluding hydrogens is 400 g/mol. The van der Waals surface area contributed by atoms with Gasteiger partial charge in [-0.2, -0.15) is 0 Å². The van der Waals surface area contributed by atoms with E-state index in [-0.39, 0.29) is 0 Å². The molecule has 1 aromatic rings. The molecule has 7 nitrogen and oxygen atoms in total. The van der Waals surface area contributed by atoms with Crippen LogP contribution in [-0.2, 0) is 16.4 Å². The van der Waals surface area contributed by atoms with Crippen molar-refractivity contribution >= 4 is 15.8 Å². The Morgan fingerprint density at radius 1 is 1.10 bits per heavy atom. The van der Waals surface area contributed by atoms with Gasteiger partial charge in [0.15, 0.2) is 11.6 Å². The SMILES string of the molecule is CN(C)S(=O)(=O)CC1CCC(CCN2CCN(c3nccc4c3OCC4)CC2)CC1.